The first-order valence-electron chi connectivity index (χ1n) is 8.28. The highest BCUT2D eigenvalue weighted by Crippen LogP contribution is 2.22. The molecule has 0 heterocycles. The lowest BCUT2D eigenvalue weighted by molar-refractivity contribution is -0.120. The van der Waals surface area contributed by atoms with Crippen molar-refractivity contribution < 1.29 is 23.0 Å². The van der Waals surface area contributed by atoms with Gasteiger partial charge in [-0.25, -0.2) is 4.99 Å². The van der Waals surface area contributed by atoms with Crippen LogP contribution in [0.2, 0.25) is 0 Å². The van der Waals surface area contributed by atoms with E-state index in [-0.39, 0.29) is 24.7 Å². The molecule has 1 aromatic rings. The van der Waals surface area contributed by atoms with Gasteiger partial charge in [-0.2, -0.15) is 8.78 Å². The van der Waals surface area contributed by atoms with Crippen molar-refractivity contribution in [1.82, 2.24) is 16.0 Å². The summed E-state index contributed by atoms with van der Waals surface area (Å²) < 4.78 is 34.4. The quantitative estimate of drug-likeness (QED) is 0.329. The van der Waals surface area contributed by atoms with Crippen LogP contribution in [0, 0.1) is 6.92 Å². The SMILES string of the molecule is CCNC(=NCc1cc(C)ccc1OC(F)F)NCC(=O)NCCOC. The second-order valence-corrected chi connectivity index (χ2v) is 5.38. The van der Waals surface area contributed by atoms with Crippen molar-refractivity contribution in [2.45, 2.75) is 27.0 Å². The summed E-state index contributed by atoms with van der Waals surface area (Å²) in [5, 5.41) is 8.57. The van der Waals surface area contributed by atoms with Gasteiger partial charge >= 0.3 is 6.61 Å². The van der Waals surface area contributed by atoms with Crippen LogP contribution in [0.4, 0.5) is 8.78 Å². The molecule has 3 N–H and O–H groups in total. The molecule has 0 aromatic heterocycles. The van der Waals surface area contributed by atoms with Crippen LogP contribution in [0.5, 0.6) is 5.75 Å². The first kappa shape index (κ1) is 21.6. The molecule has 1 aromatic carbocycles. The number of hydrogen-bond donors (Lipinski definition) is 3. The Morgan fingerprint density at radius 1 is 1.27 bits per heavy atom. The molecule has 0 atom stereocenters. The Balaban J connectivity index is 2.71. The molecule has 146 valence electrons. The highest BCUT2D eigenvalue weighted by molar-refractivity contribution is 5.86. The molecule has 26 heavy (non-hydrogen) atoms. The average molecular weight is 372 g/mol. The molecule has 0 bridgehead atoms. The van der Waals surface area contributed by atoms with Gasteiger partial charge in [0.2, 0.25) is 5.91 Å². The summed E-state index contributed by atoms with van der Waals surface area (Å²) in [5.74, 6) is 0.284. The van der Waals surface area contributed by atoms with Gasteiger partial charge in [0, 0.05) is 25.8 Å². The molecule has 0 unspecified atom stereocenters. The van der Waals surface area contributed by atoms with Crippen molar-refractivity contribution in [2.24, 2.45) is 4.99 Å². The average Bonchev–Trinajstić information content (AvgIpc) is 2.59. The highest BCUT2D eigenvalue weighted by atomic mass is 19.3. The summed E-state index contributed by atoms with van der Waals surface area (Å²) in [6.07, 6.45) is 0. The van der Waals surface area contributed by atoms with Crippen LogP contribution < -0.4 is 20.7 Å². The highest BCUT2D eigenvalue weighted by Gasteiger charge is 2.10. The van der Waals surface area contributed by atoms with Crippen molar-refractivity contribution >= 4 is 11.9 Å². The van der Waals surface area contributed by atoms with Crippen molar-refractivity contribution in [3.8, 4) is 5.75 Å². The third kappa shape index (κ3) is 8.61. The van der Waals surface area contributed by atoms with E-state index < -0.39 is 6.61 Å². The van der Waals surface area contributed by atoms with Gasteiger partial charge in [-0.15, -0.1) is 0 Å². The van der Waals surface area contributed by atoms with Crippen molar-refractivity contribution in [1.29, 1.82) is 0 Å². The van der Waals surface area contributed by atoms with E-state index in [0.29, 0.717) is 31.2 Å². The number of carbonyl (C=O) groups is 1. The van der Waals surface area contributed by atoms with Crippen LogP contribution in [0.1, 0.15) is 18.1 Å². The van der Waals surface area contributed by atoms with E-state index in [0.717, 1.165) is 5.56 Å². The lowest BCUT2D eigenvalue weighted by Crippen LogP contribution is -2.43. The largest absolute Gasteiger partial charge is 0.434 e. The summed E-state index contributed by atoms with van der Waals surface area (Å²) in [5.41, 5.74) is 1.44. The van der Waals surface area contributed by atoms with E-state index in [2.05, 4.69) is 25.7 Å². The normalized spacial score (nSPS) is 11.4. The number of halogens is 2. The molecule has 9 heteroatoms. The molecule has 0 aliphatic rings. The summed E-state index contributed by atoms with van der Waals surface area (Å²) in [6, 6.07) is 4.93. The van der Waals surface area contributed by atoms with Gasteiger partial charge in [-0.1, -0.05) is 17.7 Å². The number of guanidine groups is 1. The topological polar surface area (TPSA) is 84.0 Å². The molecule has 0 radical (unpaired) electrons. The van der Waals surface area contributed by atoms with Gasteiger partial charge in [0.15, 0.2) is 5.96 Å². The first-order chi connectivity index (χ1) is 12.5. The van der Waals surface area contributed by atoms with Gasteiger partial charge in [0.1, 0.15) is 5.75 Å². The van der Waals surface area contributed by atoms with Crippen LogP contribution in [0.15, 0.2) is 23.2 Å². The fourth-order valence-corrected chi connectivity index (χ4v) is 2.07. The predicted octanol–water partition coefficient (Wildman–Crippen LogP) is 1.41. The molecule has 0 aliphatic carbocycles. The molecule has 7 nitrogen and oxygen atoms in total. The minimum Gasteiger partial charge on any atom is -0.434 e. The summed E-state index contributed by atoms with van der Waals surface area (Å²) in [6.45, 7) is 2.44. The maximum Gasteiger partial charge on any atom is 0.387 e. The number of aryl methyl sites for hydroxylation is 1. The Morgan fingerprint density at radius 3 is 2.69 bits per heavy atom. The van der Waals surface area contributed by atoms with Crippen LogP contribution >= 0.6 is 0 Å². The second-order valence-electron chi connectivity index (χ2n) is 5.38. The Kier molecular flexibility index (Phi) is 9.99. The molecular weight excluding hydrogens is 346 g/mol. The van der Waals surface area contributed by atoms with Gasteiger partial charge in [-0.05, 0) is 19.9 Å². The zero-order valence-electron chi connectivity index (χ0n) is 15.3. The number of nitrogens with one attached hydrogen (secondary N) is 3. The lowest BCUT2D eigenvalue weighted by Gasteiger charge is -2.13. The standard InChI is InChI=1S/C17H26F2N4O3/c1-4-20-17(23-11-15(24)21-7-8-25-3)22-10-13-9-12(2)5-6-14(13)26-16(18)19/h5-6,9,16H,4,7-8,10-11H2,1-3H3,(H,21,24)(H2,20,22,23). The minimum absolute atomic E-state index is 0.0315. The van der Waals surface area contributed by atoms with E-state index in [1.54, 1.807) is 19.2 Å². The fraction of sp³-hybridized carbons (Fsp3) is 0.529. The maximum absolute atomic E-state index is 12.5. The molecular formula is C17H26F2N4O3. The number of amides is 1. The Bertz CT molecular complexity index is 597. The molecule has 0 saturated heterocycles. The summed E-state index contributed by atoms with van der Waals surface area (Å²) in [7, 11) is 1.55. The molecule has 0 saturated carbocycles. The minimum atomic E-state index is -2.90. The summed E-state index contributed by atoms with van der Waals surface area (Å²) >= 11 is 0. The zero-order chi connectivity index (χ0) is 19.4. The molecule has 0 fully saturated rings. The number of methoxy groups -OCH3 is 1. The van der Waals surface area contributed by atoms with Crippen molar-refractivity contribution in [2.75, 3.05) is 33.4 Å². The van der Waals surface area contributed by atoms with Crippen LogP contribution in [-0.4, -0.2) is 51.8 Å². The van der Waals surface area contributed by atoms with Crippen LogP contribution in [-0.2, 0) is 16.1 Å². The van der Waals surface area contributed by atoms with E-state index >= 15 is 0 Å². The fourth-order valence-electron chi connectivity index (χ4n) is 2.07. The van der Waals surface area contributed by atoms with E-state index in [4.69, 9.17) is 4.74 Å². The molecule has 1 rings (SSSR count). The Hall–Kier alpha value is -2.42. The smallest absolute Gasteiger partial charge is 0.387 e. The number of alkyl halides is 2. The van der Waals surface area contributed by atoms with E-state index in [1.165, 1.54) is 6.07 Å². The number of hydrogen-bond acceptors (Lipinski definition) is 4. The number of nitrogens with zero attached hydrogens (tertiary/aromatic N) is 1. The van der Waals surface area contributed by atoms with E-state index in [1.807, 2.05) is 13.8 Å². The maximum atomic E-state index is 12.5. The van der Waals surface area contributed by atoms with Crippen molar-refractivity contribution in [3.05, 3.63) is 29.3 Å². The number of ether oxygens (including phenoxy) is 2. The Morgan fingerprint density at radius 2 is 2.04 bits per heavy atom. The van der Waals surface area contributed by atoms with Gasteiger partial charge in [0.05, 0.1) is 19.7 Å². The summed E-state index contributed by atoms with van der Waals surface area (Å²) in [4.78, 5) is 16.0. The van der Waals surface area contributed by atoms with E-state index in [9.17, 15) is 13.6 Å². The second kappa shape index (κ2) is 12.0. The van der Waals surface area contributed by atoms with Crippen LogP contribution in [0.25, 0.3) is 0 Å². The third-order valence-corrected chi connectivity index (χ3v) is 3.23. The number of carbonyl (C=O) groups excluding carboxylic acids is 1. The number of benzene rings is 1. The lowest BCUT2D eigenvalue weighted by atomic mass is 10.1. The third-order valence-electron chi connectivity index (χ3n) is 3.23. The van der Waals surface area contributed by atoms with Crippen LogP contribution in [0.3, 0.4) is 0 Å². The van der Waals surface area contributed by atoms with Crippen molar-refractivity contribution in [3.63, 3.8) is 0 Å². The van der Waals surface area contributed by atoms with Gasteiger partial charge in [0.25, 0.3) is 0 Å². The first-order valence-corrected chi connectivity index (χ1v) is 8.28. The van der Waals surface area contributed by atoms with Gasteiger partial charge < -0.3 is 25.4 Å². The zero-order valence-corrected chi connectivity index (χ0v) is 15.3. The monoisotopic (exact) mass is 372 g/mol. The number of aliphatic imine (C=N–C) groups is 1. The molecule has 0 spiro atoms. The molecule has 1 amide bonds. The number of rotatable bonds is 10. The Labute approximate surface area is 152 Å². The van der Waals surface area contributed by atoms with Gasteiger partial charge in [-0.3, -0.25) is 4.79 Å². The predicted molar refractivity (Wildman–Crippen MR) is 95.5 cm³/mol. The molecule has 0 aliphatic heterocycles.